The van der Waals surface area contributed by atoms with Crippen LogP contribution >= 0.6 is 0 Å². The van der Waals surface area contributed by atoms with E-state index in [1.165, 1.54) is 5.56 Å². The molecule has 0 radical (unpaired) electrons. The van der Waals surface area contributed by atoms with E-state index in [0.717, 1.165) is 51.5 Å². The van der Waals surface area contributed by atoms with Crippen LogP contribution in [0.25, 0.3) is 0 Å². The van der Waals surface area contributed by atoms with Gasteiger partial charge in [-0.15, -0.1) is 0 Å². The summed E-state index contributed by atoms with van der Waals surface area (Å²) in [6.07, 6.45) is 2.31. The van der Waals surface area contributed by atoms with Gasteiger partial charge in [-0.3, -0.25) is 9.89 Å². The van der Waals surface area contributed by atoms with Crippen LogP contribution in [-0.2, 0) is 6.54 Å². The maximum Gasteiger partial charge on any atom is 0.191 e. The van der Waals surface area contributed by atoms with E-state index >= 15 is 0 Å². The molecular formula is C23H41N5. The van der Waals surface area contributed by atoms with Crippen molar-refractivity contribution in [1.29, 1.82) is 0 Å². The summed E-state index contributed by atoms with van der Waals surface area (Å²) in [6.45, 7) is 14.0. The van der Waals surface area contributed by atoms with E-state index in [-0.39, 0.29) is 5.41 Å². The molecule has 5 heteroatoms. The first-order chi connectivity index (χ1) is 13.3. The molecule has 1 heterocycles. The summed E-state index contributed by atoms with van der Waals surface area (Å²) < 4.78 is 0. The molecular weight excluding hydrogens is 346 g/mol. The second-order valence-electron chi connectivity index (χ2n) is 9.27. The molecule has 1 aromatic carbocycles. The summed E-state index contributed by atoms with van der Waals surface area (Å²) in [5.41, 5.74) is 1.57. The second-order valence-corrected chi connectivity index (χ2v) is 9.27. The van der Waals surface area contributed by atoms with Crippen LogP contribution in [0.2, 0.25) is 0 Å². The molecule has 1 aliphatic heterocycles. The van der Waals surface area contributed by atoms with Crippen LogP contribution in [0.15, 0.2) is 35.3 Å². The summed E-state index contributed by atoms with van der Waals surface area (Å²) in [4.78, 5) is 9.73. The molecule has 0 aliphatic carbocycles. The average molecular weight is 388 g/mol. The predicted octanol–water partition coefficient (Wildman–Crippen LogP) is 3.18. The zero-order chi connectivity index (χ0) is 20.6. The van der Waals surface area contributed by atoms with Gasteiger partial charge in [0.15, 0.2) is 5.96 Å². The first-order valence-electron chi connectivity index (χ1n) is 10.8. The van der Waals surface area contributed by atoms with Crippen molar-refractivity contribution in [3.63, 3.8) is 0 Å². The fourth-order valence-corrected chi connectivity index (χ4v) is 4.12. The molecule has 1 fully saturated rings. The van der Waals surface area contributed by atoms with Gasteiger partial charge in [0.25, 0.3) is 0 Å². The molecule has 1 aliphatic rings. The molecule has 1 saturated heterocycles. The van der Waals surface area contributed by atoms with E-state index in [2.05, 4.69) is 92.6 Å². The van der Waals surface area contributed by atoms with Gasteiger partial charge in [-0.1, -0.05) is 44.2 Å². The van der Waals surface area contributed by atoms with Crippen LogP contribution in [0.1, 0.15) is 46.1 Å². The molecule has 0 bridgehead atoms. The van der Waals surface area contributed by atoms with Gasteiger partial charge in [-0.05, 0) is 51.8 Å². The third-order valence-corrected chi connectivity index (χ3v) is 5.34. The molecule has 2 N–H and O–H groups in total. The Morgan fingerprint density at radius 2 is 1.96 bits per heavy atom. The van der Waals surface area contributed by atoms with Gasteiger partial charge >= 0.3 is 0 Å². The molecule has 1 aromatic rings. The van der Waals surface area contributed by atoms with Gasteiger partial charge in [0.05, 0.1) is 0 Å². The maximum atomic E-state index is 4.90. The smallest absolute Gasteiger partial charge is 0.191 e. The lowest BCUT2D eigenvalue weighted by Crippen LogP contribution is -2.51. The molecule has 0 aromatic heterocycles. The number of guanidine groups is 1. The van der Waals surface area contributed by atoms with Gasteiger partial charge in [-0.2, -0.15) is 0 Å². The fourth-order valence-electron chi connectivity index (χ4n) is 4.12. The van der Waals surface area contributed by atoms with E-state index < -0.39 is 0 Å². The zero-order valence-electron chi connectivity index (χ0n) is 18.8. The minimum atomic E-state index is 0.165. The van der Waals surface area contributed by atoms with Crippen molar-refractivity contribution in [2.75, 3.05) is 40.3 Å². The van der Waals surface area contributed by atoms with Gasteiger partial charge in [-0.25, -0.2) is 0 Å². The third kappa shape index (κ3) is 7.80. The number of hydrogen-bond donors (Lipinski definition) is 2. The fraction of sp³-hybridized carbons (Fsp3) is 0.696. The van der Waals surface area contributed by atoms with Crippen LogP contribution in [0.4, 0.5) is 0 Å². The van der Waals surface area contributed by atoms with Crippen molar-refractivity contribution in [3.8, 4) is 0 Å². The van der Waals surface area contributed by atoms with Crippen molar-refractivity contribution < 1.29 is 0 Å². The molecule has 0 saturated carbocycles. The Morgan fingerprint density at radius 3 is 2.57 bits per heavy atom. The summed E-state index contributed by atoms with van der Waals surface area (Å²) in [6, 6.07) is 11.8. The Hall–Kier alpha value is -1.59. The third-order valence-electron chi connectivity index (χ3n) is 5.34. The first-order valence-corrected chi connectivity index (χ1v) is 10.8. The van der Waals surface area contributed by atoms with Crippen LogP contribution in [0.5, 0.6) is 0 Å². The quantitative estimate of drug-likeness (QED) is 0.531. The SMILES string of the molecule is CCNC(=NCC(C)(C)CN(C)C)NC1CCN(Cc2ccccc2)C(C)C1. The maximum absolute atomic E-state index is 4.90. The number of aliphatic imine (C=N–C) groups is 1. The van der Waals surface area contributed by atoms with Crippen molar-refractivity contribution in [2.24, 2.45) is 10.4 Å². The number of hydrogen-bond acceptors (Lipinski definition) is 3. The highest BCUT2D eigenvalue weighted by atomic mass is 15.2. The van der Waals surface area contributed by atoms with Gasteiger partial charge in [0, 0.05) is 44.8 Å². The topological polar surface area (TPSA) is 42.9 Å². The van der Waals surface area contributed by atoms with Crippen LogP contribution in [0, 0.1) is 5.41 Å². The highest BCUT2D eigenvalue weighted by Gasteiger charge is 2.26. The van der Waals surface area contributed by atoms with E-state index in [9.17, 15) is 0 Å². The molecule has 2 unspecified atom stereocenters. The van der Waals surface area contributed by atoms with Crippen molar-refractivity contribution in [1.82, 2.24) is 20.4 Å². The summed E-state index contributed by atoms with van der Waals surface area (Å²) in [7, 11) is 4.25. The highest BCUT2D eigenvalue weighted by molar-refractivity contribution is 5.80. The van der Waals surface area contributed by atoms with Crippen LogP contribution in [0.3, 0.4) is 0 Å². The predicted molar refractivity (Wildman–Crippen MR) is 121 cm³/mol. The molecule has 2 rings (SSSR count). The molecule has 0 amide bonds. The Kier molecular flexibility index (Phi) is 8.77. The molecule has 0 spiro atoms. The first kappa shape index (κ1) is 22.7. The summed E-state index contributed by atoms with van der Waals surface area (Å²) >= 11 is 0. The second kappa shape index (κ2) is 10.8. The Labute approximate surface area is 172 Å². The zero-order valence-corrected chi connectivity index (χ0v) is 18.8. The summed E-state index contributed by atoms with van der Waals surface area (Å²) in [5.74, 6) is 0.961. The standard InChI is InChI=1S/C23H41N5/c1-7-24-22(25-17-23(3,4)18-27(5)6)26-21-13-14-28(19(2)15-21)16-20-11-9-8-10-12-20/h8-12,19,21H,7,13-18H2,1-6H3,(H2,24,25,26). The number of piperidine rings is 1. The minimum absolute atomic E-state index is 0.165. The number of likely N-dealkylation sites (tertiary alicyclic amines) is 1. The molecule has 28 heavy (non-hydrogen) atoms. The average Bonchev–Trinajstić information content (AvgIpc) is 2.62. The highest BCUT2D eigenvalue weighted by Crippen LogP contribution is 2.20. The largest absolute Gasteiger partial charge is 0.357 e. The van der Waals surface area contributed by atoms with E-state index in [1.54, 1.807) is 0 Å². The van der Waals surface area contributed by atoms with Gasteiger partial charge in [0.2, 0.25) is 0 Å². The molecule has 158 valence electrons. The lowest BCUT2D eigenvalue weighted by atomic mass is 9.93. The Bertz CT molecular complexity index is 596. The number of benzene rings is 1. The van der Waals surface area contributed by atoms with Crippen molar-refractivity contribution in [2.45, 2.75) is 59.2 Å². The van der Waals surface area contributed by atoms with E-state index in [4.69, 9.17) is 4.99 Å². The lowest BCUT2D eigenvalue weighted by Gasteiger charge is -2.38. The van der Waals surface area contributed by atoms with Gasteiger partial charge in [0.1, 0.15) is 0 Å². The Balaban J connectivity index is 1.89. The Morgan fingerprint density at radius 1 is 1.25 bits per heavy atom. The van der Waals surface area contributed by atoms with Crippen molar-refractivity contribution >= 4 is 5.96 Å². The summed E-state index contributed by atoms with van der Waals surface area (Å²) in [5, 5.41) is 7.13. The normalized spacial score (nSPS) is 21.8. The monoisotopic (exact) mass is 387 g/mol. The molecule has 5 nitrogen and oxygen atoms in total. The number of nitrogens with zero attached hydrogens (tertiary/aromatic N) is 3. The van der Waals surface area contributed by atoms with Crippen molar-refractivity contribution in [3.05, 3.63) is 35.9 Å². The number of rotatable bonds is 8. The molecule has 2 atom stereocenters. The van der Waals surface area contributed by atoms with Crippen LogP contribution in [-0.4, -0.2) is 68.1 Å². The van der Waals surface area contributed by atoms with Crippen LogP contribution < -0.4 is 10.6 Å². The van der Waals surface area contributed by atoms with E-state index in [0.29, 0.717) is 12.1 Å². The lowest BCUT2D eigenvalue weighted by molar-refractivity contribution is 0.134. The number of nitrogens with one attached hydrogen (secondary N) is 2. The van der Waals surface area contributed by atoms with Gasteiger partial charge < -0.3 is 15.5 Å². The van der Waals surface area contributed by atoms with E-state index in [1.807, 2.05) is 0 Å². The minimum Gasteiger partial charge on any atom is -0.357 e.